The molecule has 1 atom stereocenters. The van der Waals surface area contributed by atoms with E-state index in [9.17, 15) is 9.59 Å². The summed E-state index contributed by atoms with van der Waals surface area (Å²) in [6, 6.07) is 3.30. The van der Waals surface area contributed by atoms with E-state index in [1.165, 1.54) is 6.20 Å². The fourth-order valence-electron chi connectivity index (χ4n) is 2.46. The van der Waals surface area contributed by atoms with Crippen molar-refractivity contribution in [3.63, 3.8) is 0 Å². The van der Waals surface area contributed by atoms with Gasteiger partial charge in [0.25, 0.3) is 5.91 Å². The molecular weight excluding hydrogens is 264 g/mol. The summed E-state index contributed by atoms with van der Waals surface area (Å²) in [7, 11) is 0. The van der Waals surface area contributed by atoms with Gasteiger partial charge in [0, 0.05) is 25.2 Å². The molecule has 1 amide bonds. The maximum absolute atomic E-state index is 12.4. The summed E-state index contributed by atoms with van der Waals surface area (Å²) in [6.07, 6.45) is 4.83. The second kappa shape index (κ2) is 6.15. The highest BCUT2D eigenvalue weighted by Crippen LogP contribution is 2.22. The third-order valence-electron chi connectivity index (χ3n) is 3.36. The van der Waals surface area contributed by atoms with Gasteiger partial charge in [0.2, 0.25) is 0 Å². The summed E-state index contributed by atoms with van der Waals surface area (Å²) < 4.78 is 0. The van der Waals surface area contributed by atoms with Crippen LogP contribution in [0.4, 0.5) is 0 Å². The van der Waals surface area contributed by atoms with Crippen LogP contribution in [0.5, 0.6) is 0 Å². The van der Waals surface area contributed by atoms with E-state index < -0.39 is 0 Å². The van der Waals surface area contributed by atoms with Crippen molar-refractivity contribution in [3.8, 4) is 0 Å². The number of amides is 1. The van der Waals surface area contributed by atoms with E-state index in [-0.39, 0.29) is 17.7 Å². The summed E-state index contributed by atoms with van der Waals surface area (Å²) in [4.78, 5) is 29.5. The molecule has 1 saturated heterocycles. The van der Waals surface area contributed by atoms with Gasteiger partial charge in [0.1, 0.15) is 11.5 Å². The molecule has 4 nitrogen and oxygen atoms in total. The number of likely N-dealkylation sites (tertiary alicyclic amines) is 1. The van der Waals surface area contributed by atoms with E-state index in [1.54, 1.807) is 24.0 Å². The van der Waals surface area contributed by atoms with Gasteiger partial charge in [-0.15, -0.1) is 0 Å². The van der Waals surface area contributed by atoms with Crippen molar-refractivity contribution in [3.05, 3.63) is 29.0 Å². The molecule has 1 aliphatic rings. The van der Waals surface area contributed by atoms with Gasteiger partial charge < -0.3 is 4.90 Å². The largest absolute Gasteiger partial charge is 0.334 e. The number of nitrogens with zero attached hydrogens (tertiary/aromatic N) is 2. The van der Waals surface area contributed by atoms with Crippen molar-refractivity contribution >= 4 is 23.3 Å². The van der Waals surface area contributed by atoms with Gasteiger partial charge in [-0.3, -0.25) is 9.59 Å². The molecule has 0 bridgehead atoms. The van der Waals surface area contributed by atoms with Crippen LogP contribution in [0.25, 0.3) is 0 Å². The molecule has 0 aliphatic carbocycles. The molecule has 5 heteroatoms. The first-order valence-corrected chi connectivity index (χ1v) is 6.87. The van der Waals surface area contributed by atoms with Crippen molar-refractivity contribution in [2.45, 2.75) is 38.6 Å². The van der Waals surface area contributed by atoms with Crippen LogP contribution in [0, 0.1) is 0 Å². The molecule has 19 heavy (non-hydrogen) atoms. The summed E-state index contributed by atoms with van der Waals surface area (Å²) >= 11 is 5.77. The monoisotopic (exact) mass is 280 g/mol. The summed E-state index contributed by atoms with van der Waals surface area (Å²) in [5.74, 6) is 0.0105. The Kier molecular flexibility index (Phi) is 4.53. The predicted molar refractivity (Wildman–Crippen MR) is 73.2 cm³/mol. The molecule has 2 heterocycles. The second-order valence-electron chi connectivity index (χ2n) is 4.92. The molecule has 0 N–H and O–H groups in total. The zero-order valence-electron chi connectivity index (χ0n) is 10.9. The van der Waals surface area contributed by atoms with Crippen LogP contribution in [0.15, 0.2) is 18.3 Å². The van der Waals surface area contributed by atoms with Crippen molar-refractivity contribution in [1.82, 2.24) is 9.88 Å². The normalized spacial score (nSPS) is 19.3. The van der Waals surface area contributed by atoms with Gasteiger partial charge in [-0.2, -0.15) is 0 Å². The van der Waals surface area contributed by atoms with Crippen LogP contribution < -0.4 is 0 Å². The predicted octanol–water partition coefficient (Wildman–Crippen LogP) is 2.71. The third kappa shape index (κ3) is 3.53. The van der Waals surface area contributed by atoms with Crippen LogP contribution in [-0.4, -0.2) is 34.2 Å². The highest BCUT2D eigenvalue weighted by atomic mass is 35.5. The molecule has 1 unspecified atom stereocenters. The van der Waals surface area contributed by atoms with Gasteiger partial charge >= 0.3 is 0 Å². The van der Waals surface area contributed by atoms with Crippen molar-refractivity contribution in [2.75, 3.05) is 6.54 Å². The number of hydrogen-bond acceptors (Lipinski definition) is 3. The zero-order chi connectivity index (χ0) is 13.8. The first kappa shape index (κ1) is 14.0. The van der Waals surface area contributed by atoms with Crippen LogP contribution in [0.1, 0.15) is 43.1 Å². The fraction of sp³-hybridized carbons (Fsp3) is 0.500. The molecule has 2 rings (SSSR count). The molecule has 102 valence electrons. The molecule has 0 spiro atoms. The van der Waals surface area contributed by atoms with Crippen molar-refractivity contribution < 1.29 is 9.59 Å². The average Bonchev–Trinajstić information content (AvgIpc) is 2.39. The lowest BCUT2D eigenvalue weighted by Gasteiger charge is -2.35. The minimum atomic E-state index is -0.109. The molecule has 1 fully saturated rings. The van der Waals surface area contributed by atoms with E-state index in [0.29, 0.717) is 23.7 Å². The van der Waals surface area contributed by atoms with E-state index in [0.717, 1.165) is 19.3 Å². The summed E-state index contributed by atoms with van der Waals surface area (Å²) in [6.45, 7) is 2.26. The lowest BCUT2D eigenvalue weighted by Crippen LogP contribution is -2.44. The smallest absolute Gasteiger partial charge is 0.272 e. The SMILES string of the molecule is CC(=O)CC1CCCCN1C(=O)c1ccc(Cl)cn1. The number of carbonyl (C=O) groups excluding carboxylic acids is 2. The highest BCUT2D eigenvalue weighted by molar-refractivity contribution is 6.30. The average molecular weight is 281 g/mol. The minimum absolute atomic E-state index is 0.0104. The van der Waals surface area contributed by atoms with E-state index in [4.69, 9.17) is 11.6 Å². The Morgan fingerprint density at radius 2 is 2.21 bits per heavy atom. The maximum atomic E-state index is 12.4. The van der Waals surface area contributed by atoms with E-state index in [2.05, 4.69) is 4.98 Å². The summed E-state index contributed by atoms with van der Waals surface area (Å²) in [5.41, 5.74) is 0.389. The van der Waals surface area contributed by atoms with Gasteiger partial charge in [0.05, 0.1) is 5.02 Å². The molecule has 0 saturated carbocycles. The van der Waals surface area contributed by atoms with E-state index >= 15 is 0 Å². The molecular formula is C14H17ClN2O2. The Hall–Kier alpha value is -1.42. The number of aromatic nitrogens is 1. The number of carbonyl (C=O) groups is 2. The van der Waals surface area contributed by atoms with Crippen molar-refractivity contribution in [2.24, 2.45) is 0 Å². The Morgan fingerprint density at radius 3 is 2.84 bits per heavy atom. The first-order chi connectivity index (χ1) is 9.08. The topological polar surface area (TPSA) is 50.3 Å². The Balaban J connectivity index is 2.15. The van der Waals surface area contributed by atoms with E-state index in [1.807, 2.05) is 0 Å². The standard InChI is InChI=1S/C14H17ClN2O2/c1-10(18)8-12-4-2-3-7-17(12)14(19)13-6-5-11(15)9-16-13/h5-6,9,12H,2-4,7-8H2,1H3. The first-order valence-electron chi connectivity index (χ1n) is 6.50. The molecule has 0 aromatic carbocycles. The number of hydrogen-bond donors (Lipinski definition) is 0. The Labute approximate surface area is 117 Å². The number of Topliss-reactive ketones (excluding diaryl/α,β-unsaturated/α-hetero) is 1. The lowest BCUT2D eigenvalue weighted by atomic mass is 9.97. The minimum Gasteiger partial charge on any atom is -0.334 e. The fourth-order valence-corrected chi connectivity index (χ4v) is 2.57. The zero-order valence-corrected chi connectivity index (χ0v) is 11.7. The second-order valence-corrected chi connectivity index (χ2v) is 5.35. The Morgan fingerprint density at radius 1 is 1.42 bits per heavy atom. The van der Waals surface area contributed by atoms with Gasteiger partial charge in [0.15, 0.2) is 0 Å². The van der Waals surface area contributed by atoms with Crippen LogP contribution >= 0.6 is 11.6 Å². The molecule has 1 aromatic heterocycles. The maximum Gasteiger partial charge on any atom is 0.272 e. The summed E-state index contributed by atoms with van der Waals surface area (Å²) in [5, 5.41) is 0.510. The quantitative estimate of drug-likeness (QED) is 0.855. The van der Waals surface area contributed by atoms with Gasteiger partial charge in [-0.1, -0.05) is 11.6 Å². The molecule has 0 radical (unpaired) electrons. The number of ketones is 1. The number of piperidine rings is 1. The van der Waals surface area contributed by atoms with Gasteiger partial charge in [-0.25, -0.2) is 4.98 Å². The van der Waals surface area contributed by atoms with Crippen LogP contribution in [0.2, 0.25) is 5.02 Å². The number of pyridine rings is 1. The van der Waals surface area contributed by atoms with Crippen molar-refractivity contribution in [1.29, 1.82) is 0 Å². The molecule has 1 aromatic rings. The lowest BCUT2D eigenvalue weighted by molar-refractivity contribution is -0.118. The van der Waals surface area contributed by atoms with Gasteiger partial charge in [-0.05, 0) is 38.3 Å². The number of halogens is 1. The molecule has 1 aliphatic heterocycles. The third-order valence-corrected chi connectivity index (χ3v) is 3.58. The number of rotatable bonds is 3. The Bertz CT molecular complexity index is 473. The van der Waals surface area contributed by atoms with Crippen LogP contribution in [-0.2, 0) is 4.79 Å². The highest BCUT2D eigenvalue weighted by Gasteiger charge is 2.28. The van der Waals surface area contributed by atoms with Crippen LogP contribution in [0.3, 0.4) is 0 Å².